The molecule has 1 aliphatic rings. The molecule has 4 rings (SSSR count). The summed E-state index contributed by atoms with van der Waals surface area (Å²) >= 11 is 6.73. The SMILES string of the molecule is C=N/C(=C(/Cl)C=Nc1cc(N)c(N(C)CCN(C)C)cc1OC)c1cn(C2COC2)c2ccccc12. The minimum absolute atomic E-state index is 0.295. The van der Waals surface area contributed by atoms with Crippen molar-refractivity contribution in [2.45, 2.75) is 6.04 Å². The number of aromatic nitrogens is 1. The summed E-state index contributed by atoms with van der Waals surface area (Å²) in [5.41, 5.74) is 11.0. The number of ether oxygens (including phenoxy) is 2. The van der Waals surface area contributed by atoms with Crippen molar-refractivity contribution < 1.29 is 9.47 Å². The van der Waals surface area contributed by atoms with E-state index >= 15 is 0 Å². The molecule has 3 aromatic rings. The van der Waals surface area contributed by atoms with Crippen LogP contribution < -0.4 is 15.4 Å². The van der Waals surface area contributed by atoms with Crippen molar-refractivity contribution in [1.82, 2.24) is 9.47 Å². The molecule has 2 aromatic carbocycles. The Morgan fingerprint density at radius 3 is 2.64 bits per heavy atom. The summed E-state index contributed by atoms with van der Waals surface area (Å²) < 4.78 is 13.2. The largest absolute Gasteiger partial charge is 0.494 e. The number of rotatable bonds is 10. The molecule has 1 fully saturated rings. The fraction of sp³-hybridized carbons (Fsp3) is 0.333. The molecule has 1 aliphatic heterocycles. The highest BCUT2D eigenvalue weighted by Crippen LogP contribution is 2.38. The van der Waals surface area contributed by atoms with Gasteiger partial charge in [-0.05, 0) is 32.9 Å². The summed E-state index contributed by atoms with van der Waals surface area (Å²) in [5, 5.41) is 1.41. The fourth-order valence-electron chi connectivity index (χ4n) is 4.20. The number of aliphatic imine (C=N–C) groups is 2. The van der Waals surface area contributed by atoms with Gasteiger partial charge >= 0.3 is 0 Å². The Kier molecular flexibility index (Phi) is 7.98. The van der Waals surface area contributed by atoms with Crippen LogP contribution in [0.15, 0.2) is 57.6 Å². The maximum Gasteiger partial charge on any atom is 0.146 e. The maximum absolute atomic E-state index is 6.73. The van der Waals surface area contributed by atoms with Gasteiger partial charge in [0.25, 0.3) is 0 Å². The highest BCUT2D eigenvalue weighted by molar-refractivity contribution is 6.42. The number of nitrogen functional groups attached to an aromatic ring is 1. The number of hydrogen-bond donors (Lipinski definition) is 1. The van der Waals surface area contributed by atoms with Gasteiger partial charge in [0.05, 0.1) is 48.5 Å². The third-order valence-electron chi connectivity index (χ3n) is 6.33. The van der Waals surface area contributed by atoms with E-state index in [1.165, 1.54) is 0 Å². The third-order valence-corrected chi connectivity index (χ3v) is 6.61. The Morgan fingerprint density at radius 2 is 2.00 bits per heavy atom. The molecule has 1 saturated heterocycles. The summed E-state index contributed by atoms with van der Waals surface area (Å²) in [7, 11) is 7.70. The number of fused-ring (bicyclic) bond motifs is 1. The first-order valence-electron chi connectivity index (χ1n) is 11.8. The molecule has 8 nitrogen and oxygen atoms in total. The number of allylic oxidation sites excluding steroid dienone is 1. The summed E-state index contributed by atoms with van der Waals surface area (Å²) in [5.74, 6) is 0.603. The summed E-state index contributed by atoms with van der Waals surface area (Å²) in [6, 6.07) is 12.2. The van der Waals surface area contributed by atoms with Crippen molar-refractivity contribution in [1.29, 1.82) is 0 Å². The van der Waals surface area contributed by atoms with Gasteiger partial charge in [0.1, 0.15) is 11.4 Å². The molecule has 0 spiro atoms. The Balaban J connectivity index is 1.67. The van der Waals surface area contributed by atoms with Crippen molar-refractivity contribution >= 4 is 58.2 Å². The zero-order chi connectivity index (χ0) is 25.8. The van der Waals surface area contributed by atoms with E-state index in [1.807, 2.05) is 39.3 Å². The van der Waals surface area contributed by atoms with Crippen LogP contribution >= 0.6 is 11.6 Å². The zero-order valence-electron chi connectivity index (χ0n) is 21.2. The number of halogens is 1. The summed E-state index contributed by atoms with van der Waals surface area (Å²) in [6.45, 7) is 6.88. The van der Waals surface area contributed by atoms with Gasteiger partial charge in [0.2, 0.25) is 0 Å². The van der Waals surface area contributed by atoms with Crippen LogP contribution in [0.1, 0.15) is 11.6 Å². The van der Waals surface area contributed by atoms with Crippen molar-refractivity contribution in [3.05, 3.63) is 53.2 Å². The van der Waals surface area contributed by atoms with Crippen LogP contribution in [0.2, 0.25) is 0 Å². The van der Waals surface area contributed by atoms with Gasteiger partial charge in [0.15, 0.2) is 0 Å². The van der Waals surface area contributed by atoms with Gasteiger partial charge in [-0.1, -0.05) is 29.8 Å². The number of likely N-dealkylation sites (N-methyl/N-ethyl adjacent to an activating group) is 2. The number of methoxy groups -OCH3 is 1. The van der Waals surface area contributed by atoms with Gasteiger partial charge in [-0.15, -0.1) is 0 Å². The average Bonchev–Trinajstić information content (AvgIpc) is 3.19. The van der Waals surface area contributed by atoms with E-state index in [0.29, 0.717) is 47.1 Å². The minimum Gasteiger partial charge on any atom is -0.494 e. The number of nitrogens with two attached hydrogens (primary N) is 1. The number of para-hydroxylation sites is 1. The molecule has 190 valence electrons. The summed E-state index contributed by atoms with van der Waals surface area (Å²) in [6.07, 6.45) is 3.63. The van der Waals surface area contributed by atoms with Crippen molar-refractivity contribution in [2.24, 2.45) is 9.98 Å². The first kappa shape index (κ1) is 25.8. The predicted molar refractivity (Wildman–Crippen MR) is 151 cm³/mol. The molecule has 0 saturated carbocycles. The highest BCUT2D eigenvalue weighted by Gasteiger charge is 2.24. The Morgan fingerprint density at radius 1 is 1.25 bits per heavy atom. The first-order valence-corrected chi connectivity index (χ1v) is 12.1. The average molecular weight is 509 g/mol. The molecule has 0 amide bonds. The normalized spacial score (nSPS) is 14.8. The van der Waals surface area contributed by atoms with Crippen LogP contribution in [0, 0.1) is 0 Å². The third kappa shape index (κ3) is 5.26. The lowest BCUT2D eigenvalue weighted by molar-refractivity contribution is -0.0214. The van der Waals surface area contributed by atoms with Crippen molar-refractivity contribution in [2.75, 3.05) is 65.2 Å². The van der Waals surface area contributed by atoms with E-state index in [2.05, 4.69) is 49.4 Å². The second-order valence-corrected chi connectivity index (χ2v) is 9.49. The maximum atomic E-state index is 6.73. The standard InChI is InChI=1S/C27H33ClN6O2/c1-30-27(20-15-34(18-16-36-17-18)24-9-7-6-8-19(20)24)21(28)14-31-23-12-22(29)25(13-26(23)35-5)33(4)11-10-32(2)3/h6-9,12-15,18H,1,10-11,16-17,29H2,2-5H3/b27-21+,31-14?. The van der Waals surface area contributed by atoms with E-state index in [0.717, 1.165) is 35.2 Å². The molecule has 0 radical (unpaired) electrons. The molecule has 0 aliphatic carbocycles. The fourth-order valence-corrected chi connectivity index (χ4v) is 4.41. The molecule has 2 heterocycles. The number of benzene rings is 2. The van der Waals surface area contributed by atoms with Crippen LogP contribution in [0.5, 0.6) is 5.75 Å². The first-order chi connectivity index (χ1) is 17.3. The van der Waals surface area contributed by atoms with Gasteiger partial charge in [-0.25, -0.2) is 0 Å². The molecule has 0 atom stereocenters. The van der Waals surface area contributed by atoms with E-state index in [1.54, 1.807) is 19.4 Å². The highest BCUT2D eigenvalue weighted by atomic mass is 35.5. The monoisotopic (exact) mass is 508 g/mol. The number of nitrogens with zero attached hydrogens (tertiary/aromatic N) is 5. The smallest absolute Gasteiger partial charge is 0.146 e. The molecule has 1 aromatic heterocycles. The predicted octanol–water partition coefficient (Wildman–Crippen LogP) is 4.81. The number of anilines is 2. The van der Waals surface area contributed by atoms with E-state index in [-0.39, 0.29) is 0 Å². The lowest BCUT2D eigenvalue weighted by Crippen LogP contribution is -2.30. The second-order valence-electron chi connectivity index (χ2n) is 9.08. The topological polar surface area (TPSA) is 80.6 Å². The molecule has 0 unspecified atom stereocenters. The van der Waals surface area contributed by atoms with Crippen LogP contribution in [-0.2, 0) is 4.74 Å². The van der Waals surface area contributed by atoms with Crippen LogP contribution in [-0.4, -0.2) is 77.0 Å². The lowest BCUT2D eigenvalue weighted by atomic mass is 10.1. The van der Waals surface area contributed by atoms with Gasteiger partial charge < -0.3 is 29.6 Å². The van der Waals surface area contributed by atoms with Crippen LogP contribution in [0.3, 0.4) is 0 Å². The summed E-state index contributed by atoms with van der Waals surface area (Å²) in [4.78, 5) is 13.1. The molecular formula is C27H33ClN6O2. The number of hydrogen-bond acceptors (Lipinski definition) is 7. The van der Waals surface area contributed by atoms with Gasteiger partial charge in [0, 0.05) is 55.1 Å². The second kappa shape index (κ2) is 11.2. The van der Waals surface area contributed by atoms with Crippen LogP contribution in [0.25, 0.3) is 16.6 Å². The van der Waals surface area contributed by atoms with Crippen molar-refractivity contribution in [3.63, 3.8) is 0 Å². The molecule has 2 N–H and O–H groups in total. The molecule has 36 heavy (non-hydrogen) atoms. The van der Waals surface area contributed by atoms with Gasteiger partial charge in [-0.2, -0.15) is 0 Å². The van der Waals surface area contributed by atoms with E-state index in [9.17, 15) is 0 Å². The molecule has 9 heteroatoms. The van der Waals surface area contributed by atoms with Gasteiger partial charge in [-0.3, -0.25) is 9.98 Å². The lowest BCUT2D eigenvalue weighted by Gasteiger charge is -2.28. The minimum atomic E-state index is 0.295. The molecule has 0 bridgehead atoms. The van der Waals surface area contributed by atoms with E-state index < -0.39 is 0 Å². The Bertz CT molecular complexity index is 1310. The van der Waals surface area contributed by atoms with Crippen molar-refractivity contribution in [3.8, 4) is 5.75 Å². The quantitative estimate of drug-likeness (QED) is 0.314. The van der Waals surface area contributed by atoms with E-state index in [4.69, 9.17) is 26.8 Å². The van der Waals surface area contributed by atoms with Crippen LogP contribution in [0.4, 0.5) is 17.1 Å². The molecular weight excluding hydrogens is 476 g/mol. The Labute approximate surface area is 217 Å². The zero-order valence-corrected chi connectivity index (χ0v) is 22.0. The Hall–Kier alpha value is -3.33.